The highest BCUT2D eigenvalue weighted by molar-refractivity contribution is 7.89. The first kappa shape index (κ1) is 14.2. The second-order valence-corrected chi connectivity index (χ2v) is 6.51. The Morgan fingerprint density at radius 2 is 2.16 bits per heavy atom. The van der Waals surface area contributed by atoms with Gasteiger partial charge in [-0.05, 0) is 19.3 Å². The fraction of sp³-hybridized carbons (Fsp3) is 0.583. The van der Waals surface area contributed by atoms with Crippen LogP contribution in [0, 0.1) is 0 Å². The van der Waals surface area contributed by atoms with Crippen LogP contribution in [0.1, 0.15) is 25.7 Å². The van der Waals surface area contributed by atoms with Crippen molar-refractivity contribution in [2.75, 3.05) is 13.2 Å². The molecule has 1 aromatic heterocycles. The molecule has 0 atom stereocenters. The molecule has 19 heavy (non-hydrogen) atoms. The van der Waals surface area contributed by atoms with Gasteiger partial charge < -0.3 is 10.1 Å². The van der Waals surface area contributed by atoms with Crippen molar-refractivity contribution in [1.29, 1.82) is 0 Å². The number of aromatic amines is 1. The number of nitrogens with zero attached hydrogens (tertiary/aromatic N) is 1. The minimum Gasteiger partial charge on any atom is -0.396 e. The SMILES string of the molecule is O=c1cc[nH]cc1S(=O)(=O)N(CCCO)C1CCC1. The number of hydrogen-bond donors (Lipinski definition) is 2. The summed E-state index contributed by atoms with van der Waals surface area (Å²) in [5.74, 6) is 0. The molecule has 1 fully saturated rings. The molecule has 1 aromatic rings. The van der Waals surface area contributed by atoms with Gasteiger partial charge in [0.2, 0.25) is 15.5 Å². The van der Waals surface area contributed by atoms with Crippen LogP contribution < -0.4 is 5.43 Å². The average Bonchev–Trinajstić information content (AvgIpc) is 2.32. The quantitative estimate of drug-likeness (QED) is 0.787. The van der Waals surface area contributed by atoms with Gasteiger partial charge in [0, 0.05) is 37.7 Å². The van der Waals surface area contributed by atoms with Crippen LogP contribution in [0.2, 0.25) is 0 Å². The number of sulfonamides is 1. The van der Waals surface area contributed by atoms with Crippen molar-refractivity contribution >= 4 is 10.0 Å². The zero-order valence-corrected chi connectivity index (χ0v) is 11.4. The van der Waals surface area contributed by atoms with Gasteiger partial charge in [0.1, 0.15) is 4.90 Å². The van der Waals surface area contributed by atoms with E-state index < -0.39 is 15.5 Å². The fourth-order valence-electron chi connectivity index (χ4n) is 2.13. The predicted octanol–water partition coefficient (Wildman–Crippen LogP) is 0.300. The van der Waals surface area contributed by atoms with Crippen LogP contribution in [-0.2, 0) is 10.0 Å². The number of rotatable bonds is 6. The zero-order valence-electron chi connectivity index (χ0n) is 10.6. The van der Waals surface area contributed by atoms with E-state index in [4.69, 9.17) is 5.11 Å². The first-order valence-electron chi connectivity index (χ1n) is 6.37. The fourth-order valence-corrected chi connectivity index (χ4v) is 3.89. The summed E-state index contributed by atoms with van der Waals surface area (Å²) in [5.41, 5.74) is -0.507. The number of hydrogen-bond acceptors (Lipinski definition) is 4. The van der Waals surface area contributed by atoms with Gasteiger partial charge >= 0.3 is 0 Å². The van der Waals surface area contributed by atoms with Crippen LogP contribution in [0.3, 0.4) is 0 Å². The lowest BCUT2D eigenvalue weighted by atomic mass is 9.93. The molecule has 1 aliphatic carbocycles. The third-order valence-corrected chi connectivity index (χ3v) is 5.37. The second kappa shape index (κ2) is 5.85. The van der Waals surface area contributed by atoms with Gasteiger partial charge in [-0.25, -0.2) is 8.42 Å². The molecule has 0 aliphatic heterocycles. The summed E-state index contributed by atoms with van der Waals surface area (Å²) in [4.78, 5) is 14.1. The van der Waals surface area contributed by atoms with Gasteiger partial charge in [-0.3, -0.25) is 4.79 Å². The van der Waals surface area contributed by atoms with E-state index in [1.54, 1.807) is 0 Å². The van der Waals surface area contributed by atoms with E-state index >= 15 is 0 Å². The summed E-state index contributed by atoms with van der Waals surface area (Å²) >= 11 is 0. The molecule has 2 N–H and O–H groups in total. The third kappa shape index (κ3) is 2.88. The highest BCUT2D eigenvalue weighted by Crippen LogP contribution is 2.29. The van der Waals surface area contributed by atoms with E-state index in [0.717, 1.165) is 19.3 Å². The lowest BCUT2D eigenvalue weighted by Gasteiger charge is -2.36. The van der Waals surface area contributed by atoms with Crippen molar-refractivity contribution in [2.24, 2.45) is 0 Å². The van der Waals surface area contributed by atoms with E-state index in [2.05, 4.69) is 4.98 Å². The first-order chi connectivity index (χ1) is 9.07. The molecule has 0 unspecified atom stereocenters. The topological polar surface area (TPSA) is 90.5 Å². The Balaban J connectivity index is 2.33. The van der Waals surface area contributed by atoms with E-state index in [9.17, 15) is 13.2 Å². The van der Waals surface area contributed by atoms with Crippen LogP contribution in [0.5, 0.6) is 0 Å². The lowest BCUT2D eigenvalue weighted by Crippen LogP contribution is -2.45. The van der Waals surface area contributed by atoms with Crippen molar-refractivity contribution < 1.29 is 13.5 Å². The molecule has 0 amide bonds. The van der Waals surface area contributed by atoms with Gasteiger partial charge in [0.15, 0.2) is 0 Å². The Morgan fingerprint density at radius 3 is 2.68 bits per heavy atom. The smallest absolute Gasteiger partial charge is 0.248 e. The van der Waals surface area contributed by atoms with Crippen LogP contribution in [0.25, 0.3) is 0 Å². The number of aromatic nitrogens is 1. The number of aliphatic hydroxyl groups is 1. The Hall–Kier alpha value is -1.18. The van der Waals surface area contributed by atoms with Crippen LogP contribution in [0.15, 0.2) is 28.2 Å². The summed E-state index contributed by atoms with van der Waals surface area (Å²) in [7, 11) is -3.79. The van der Waals surface area contributed by atoms with Gasteiger partial charge in [0.05, 0.1) is 0 Å². The molecule has 1 heterocycles. The van der Waals surface area contributed by atoms with E-state index in [0.29, 0.717) is 6.42 Å². The third-order valence-electron chi connectivity index (χ3n) is 3.39. The van der Waals surface area contributed by atoms with Gasteiger partial charge in [-0.1, -0.05) is 6.42 Å². The maximum absolute atomic E-state index is 12.5. The summed E-state index contributed by atoms with van der Waals surface area (Å²) < 4.78 is 26.4. The molecule has 0 spiro atoms. The van der Waals surface area contributed by atoms with Crippen LogP contribution >= 0.6 is 0 Å². The van der Waals surface area contributed by atoms with Crippen LogP contribution in [-0.4, -0.2) is 42.0 Å². The molecule has 0 saturated heterocycles. The minimum absolute atomic E-state index is 0.0452. The monoisotopic (exact) mass is 286 g/mol. The Morgan fingerprint density at radius 1 is 1.42 bits per heavy atom. The maximum atomic E-state index is 12.5. The summed E-state index contributed by atoms with van der Waals surface area (Å²) in [6.45, 7) is 0.182. The van der Waals surface area contributed by atoms with Crippen molar-refractivity contribution in [3.63, 3.8) is 0 Å². The highest BCUT2D eigenvalue weighted by atomic mass is 32.2. The standard InChI is InChI=1S/C12H18N2O4S/c15-8-2-7-14(10-3-1-4-10)19(17,18)12-9-13-6-5-11(12)16/h5-6,9-10,15H,1-4,7-8H2,(H,13,16). The molecule has 6 nitrogen and oxygen atoms in total. The predicted molar refractivity (Wildman–Crippen MR) is 70.3 cm³/mol. The lowest BCUT2D eigenvalue weighted by molar-refractivity contribution is 0.198. The van der Waals surface area contributed by atoms with Crippen molar-refractivity contribution in [3.8, 4) is 0 Å². The van der Waals surface area contributed by atoms with E-state index in [1.165, 1.54) is 22.8 Å². The second-order valence-electron chi connectivity index (χ2n) is 4.65. The molecule has 7 heteroatoms. The van der Waals surface area contributed by atoms with E-state index in [1.807, 2.05) is 0 Å². The van der Waals surface area contributed by atoms with Gasteiger partial charge in [-0.2, -0.15) is 4.31 Å². The molecule has 0 aromatic carbocycles. The van der Waals surface area contributed by atoms with Gasteiger partial charge in [0.25, 0.3) is 0 Å². The molecule has 1 aliphatic rings. The molecule has 0 radical (unpaired) electrons. The molecular weight excluding hydrogens is 268 g/mol. The summed E-state index contributed by atoms with van der Waals surface area (Å²) in [6.07, 6.45) is 5.64. The average molecular weight is 286 g/mol. The molecule has 2 rings (SSSR count). The maximum Gasteiger partial charge on any atom is 0.248 e. The highest BCUT2D eigenvalue weighted by Gasteiger charge is 2.35. The van der Waals surface area contributed by atoms with Crippen molar-refractivity contribution in [2.45, 2.75) is 36.6 Å². The molecule has 106 valence electrons. The normalized spacial score (nSPS) is 16.5. The van der Waals surface area contributed by atoms with Crippen LogP contribution in [0.4, 0.5) is 0 Å². The van der Waals surface area contributed by atoms with E-state index in [-0.39, 0.29) is 24.1 Å². The molecule has 1 saturated carbocycles. The minimum atomic E-state index is -3.79. The largest absolute Gasteiger partial charge is 0.396 e. The van der Waals surface area contributed by atoms with Gasteiger partial charge in [-0.15, -0.1) is 0 Å². The number of H-pyrrole nitrogens is 1. The number of pyridine rings is 1. The summed E-state index contributed by atoms with van der Waals surface area (Å²) in [5, 5.41) is 8.89. The first-order valence-corrected chi connectivity index (χ1v) is 7.81. The Labute approximate surface area is 112 Å². The Kier molecular flexibility index (Phi) is 4.38. The van der Waals surface area contributed by atoms with Crippen molar-refractivity contribution in [3.05, 3.63) is 28.7 Å². The number of aliphatic hydroxyl groups excluding tert-OH is 1. The Bertz CT molecular complexity index is 577. The molecule has 0 bridgehead atoms. The summed E-state index contributed by atoms with van der Waals surface area (Å²) in [6, 6.07) is 1.16. The number of nitrogens with one attached hydrogen (secondary N) is 1. The zero-order chi connectivity index (χ0) is 13.9. The van der Waals surface area contributed by atoms with Crippen molar-refractivity contribution in [1.82, 2.24) is 9.29 Å². The molecular formula is C12H18N2O4S.